The first kappa shape index (κ1) is 21.1. The van der Waals surface area contributed by atoms with Crippen molar-refractivity contribution in [1.29, 1.82) is 0 Å². The normalized spacial score (nSPS) is 11.1. The lowest BCUT2D eigenvalue weighted by Gasteiger charge is -2.22. The summed E-state index contributed by atoms with van der Waals surface area (Å²) in [5.41, 5.74) is -0.777. The van der Waals surface area contributed by atoms with Gasteiger partial charge in [-0.15, -0.1) is 3.29 Å². The van der Waals surface area contributed by atoms with Crippen LogP contribution in [0.2, 0.25) is 0 Å². The number of benzene rings is 1. The van der Waals surface area contributed by atoms with Crippen molar-refractivity contribution in [2.24, 2.45) is 0 Å². The van der Waals surface area contributed by atoms with Gasteiger partial charge >= 0.3 is 0 Å². The summed E-state index contributed by atoms with van der Waals surface area (Å²) in [4.78, 5) is 12.9. The summed E-state index contributed by atoms with van der Waals surface area (Å²) >= 11 is 6.87. The van der Waals surface area contributed by atoms with Crippen molar-refractivity contribution < 1.29 is 23.1 Å². The number of carbonyl (C=O) groups excluding carboxylic acids is 1. The Morgan fingerprint density at radius 1 is 1.09 bits per heavy atom. The molecular weight excluding hydrogens is 337 g/mol. The maximum absolute atomic E-state index is 13.1. The monoisotopic (exact) mass is 356 g/mol. The van der Waals surface area contributed by atoms with Gasteiger partial charge in [0.2, 0.25) is 17.3 Å². The Balaban J connectivity index is 0.000000534. The Hall–Kier alpha value is -0.900. The van der Waals surface area contributed by atoms with Gasteiger partial charge in [0.05, 0.1) is 25.6 Å². The molecule has 4 nitrogen and oxygen atoms in total. The number of hydrogen-bond donors (Lipinski definition) is 2. The quantitative estimate of drug-likeness (QED) is 0.495. The van der Waals surface area contributed by atoms with Crippen molar-refractivity contribution in [1.82, 2.24) is 8.19 Å². The highest BCUT2D eigenvalue weighted by atomic mass is 32.2. The third-order valence-corrected chi connectivity index (χ3v) is 3.70. The number of carbonyl (C=O) groups is 1. The van der Waals surface area contributed by atoms with Gasteiger partial charge in [-0.25, -0.2) is 8.78 Å². The van der Waals surface area contributed by atoms with Crippen molar-refractivity contribution in [3.8, 4) is 0 Å². The molecule has 1 aromatic rings. The highest BCUT2D eigenvalue weighted by Crippen LogP contribution is 2.33. The molecule has 0 radical (unpaired) electrons. The van der Waals surface area contributed by atoms with Gasteiger partial charge in [0.1, 0.15) is 0 Å². The molecule has 0 heterocycles. The average molecular weight is 356 g/mol. The molecule has 0 atom stereocenters. The minimum absolute atomic E-state index is 0.566. The number of carboxylic acid groups (broad SMARTS) is 1. The van der Waals surface area contributed by atoms with Gasteiger partial charge in [-0.05, 0) is 25.7 Å². The molecule has 1 rings (SSSR count). The second kappa shape index (κ2) is 9.29. The number of rotatable bonds is 4. The summed E-state index contributed by atoms with van der Waals surface area (Å²) in [6.07, 6.45) is -1.90. The second-order valence-electron chi connectivity index (χ2n) is 4.18. The Bertz CT molecular complexity index is 507. The highest BCUT2D eigenvalue weighted by Gasteiger charge is 2.33. The Labute approximate surface area is 139 Å². The topological polar surface area (TPSA) is 43.4 Å². The minimum atomic E-state index is -1.90. The van der Waals surface area contributed by atoms with Crippen LogP contribution in [0, 0.1) is 17.5 Å². The van der Waals surface area contributed by atoms with E-state index < -0.39 is 32.5 Å². The Morgan fingerprint density at radius 2 is 1.55 bits per heavy atom. The zero-order valence-corrected chi connectivity index (χ0v) is 14.3. The number of hydrogen-bond acceptors (Lipinski definition) is 5. The van der Waals surface area contributed by atoms with Gasteiger partial charge < -0.3 is 14.8 Å². The molecule has 0 unspecified atom stereocenters. The number of thiol groups is 2. The molecule has 0 aromatic heterocycles. The molecule has 0 fully saturated rings. The number of amides is 1. The van der Waals surface area contributed by atoms with Crippen LogP contribution >= 0.6 is 25.6 Å². The Kier molecular flexibility index (Phi) is 8.91. The van der Waals surface area contributed by atoms with E-state index in [1.807, 2.05) is 0 Å². The predicted molar refractivity (Wildman–Crippen MR) is 84.9 cm³/mol. The molecule has 0 saturated heterocycles. The summed E-state index contributed by atoms with van der Waals surface area (Å²) in [5, 5.41) is 10.5. The van der Waals surface area contributed by atoms with E-state index in [0.717, 1.165) is 0 Å². The summed E-state index contributed by atoms with van der Waals surface area (Å²) in [6, 6.07) is 1.28. The van der Waals surface area contributed by atoms with E-state index in [2.05, 4.69) is 51.3 Å². The molecule has 126 valence electrons. The second-order valence-corrected chi connectivity index (χ2v) is 5.70. The van der Waals surface area contributed by atoms with E-state index in [-0.39, 0.29) is 0 Å². The highest BCUT2D eigenvalue weighted by molar-refractivity contribution is 7.98. The fourth-order valence-corrected chi connectivity index (χ4v) is 1.83. The molecule has 0 aliphatic carbocycles. The van der Waals surface area contributed by atoms with E-state index in [1.165, 1.54) is 19.6 Å². The lowest BCUT2D eigenvalue weighted by Crippen LogP contribution is -2.46. The molecule has 1 amide bonds. The van der Waals surface area contributed by atoms with Crippen LogP contribution in [0.1, 0.15) is 20.8 Å². The maximum atomic E-state index is 13.1. The average Bonchev–Trinajstić information content (AvgIpc) is 2.47. The van der Waals surface area contributed by atoms with E-state index in [1.54, 1.807) is 0 Å². The van der Waals surface area contributed by atoms with E-state index in [9.17, 15) is 23.1 Å². The third-order valence-electron chi connectivity index (χ3n) is 2.95. The number of halogens is 3. The smallest absolute Gasteiger partial charge is 0.287 e. The SMILES string of the molecule is CCN(CC)CC.O=C([O-])[N+](S)(S)c1ccc(F)c(F)c1F. The fraction of sp³-hybridized carbons (Fsp3) is 0.462. The number of nitrogens with zero attached hydrogens (tertiary/aromatic N) is 2. The van der Waals surface area contributed by atoms with E-state index >= 15 is 0 Å². The van der Waals surface area contributed by atoms with Crippen LogP contribution in [-0.2, 0) is 0 Å². The lowest BCUT2D eigenvalue weighted by molar-refractivity contribution is -0.253. The molecule has 1 aromatic carbocycles. The molecule has 0 N–H and O–H groups in total. The van der Waals surface area contributed by atoms with Crippen LogP contribution in [0.25, 0.3) is 0 Å². The summed E-state index contributed by atoms with van der Waals surface area (Å²) in [6.45, 7) is 10.1. The predicted octanol–water partition coefficient (Wildman–Crippen LogP) is 2.79. The molecule has 9 heteroatoms. The van der Waals surface area contributed by atoms with Gasteiger partial charge in [0, 0.05) is 6.07 Å². The molecular formula is C13H19F3N2O2S2. The number of quaternary nitrogens is 1. The van der Waals surface area contributed by atoms with Crippen LogP contribution in [0.4, 0.5) is 23.7 Å². The first-order chi connectivity index (χ1) is 10.1. The first-order valence-corrected chi connectivity index (χ1v) is 7.35. The molecule has 0 aliphatic heterocycles. The molecule has 0 bridgehead atoms. The van der Waals surface area contributed by atoms with Crippen LogP contribution < -0.4 is 8.40 Å². The Morgan fingerprint density at radius 3 is 1.86 bits per heavy atom. The van der Waals surface area contributed by atoms with Crippen molar-refractivity contribution in [2.45, 2.75) is 20.8 Å². The minimum Gasteiger partial charge on any atom is -0.496 e. The summed E-state index contributed by atoms with van der Waals surface area (Å²) < 4.78 is 36.7. The zero-order chi connectivity index (χ0) is 17.5. The van der Waals surface area contributed by atoms with Crippen molar-refractivity contribution >= 4 is 37.4 Å². The van der Waals surface area contributed by atoms with Gasteiger partial charge in [-0.3, -0.25) is 0 Å². The molecule has 22 heavy (non-hydrogen) atoms. The maximum Gasteiger partial charge on any atom is 0.287 e. The lowest BCUT2D eigenvalue weighted by atomic mass is 10.3. The van der Waals surface area contributed by atoms with E-state index in [4.69, 9.17) is 0 Å². The van der Waals surface area contributed by atoms with Gasteiger partial charge in [-0.2, -0.15) is 4.39 Å². The van der Waals surface area contributed by atoms with Gasteiger partial charge in [-0.1, -0.05) is 20.8 Å². The van der Waals surface area contributed by atoms with Crippen LogP contribution in [0.15, 0.2) is 12.1 Å². The zero-order valence-electron chi connectivity index (χ0n) is 12.5. The standard InChI is InChI=1S/C7H4F3NO2S2.C6H15N/c8-3-1-2-4(6(10)5(3)9)11(14,15)7(12)13;1-4-7(5-2)6-3/h1-2,14-15H;4-6H2,1-3H3. The largest absolute Gasteiger partial charge is 0.496 e. The first-order valence-electron chi connectivity index (χ1n) is 6.55. The fourth-order valence-electron chi connectivity index (χ4n) is 1.53. The molecule has 0 saturated carbocycles. The molecule has 0 spiro atoms. The summed E-state index contributed by atoms with van der Waals surface area (Å²) in [7, 11) is 0. The van der Waals surface area contributed by atoms with Gasteiger partial charge in [0.25, 0.3) is 6.09 Å². The van der Waals surface area contributed by atoms with Crippen LogP contribution in [-0.4, -0.2) is 30.6 Å². The van der Waals surface area contributed by atoms with E-state index in [0.29, 0.717) is 12.1 Å². The van der Waals surface area contributed by atoms with Crippen LogP contribution in [0.5, 0.6) is 0 Å². The van der Waals surface area contributed by atoms with Gasteiger partial charge in [0.15, 0.2) is 5.82 Å². The van der Waals surface area contributed by atoms with Crippen molar-refractivity contribution in [3.63, 3.8) is 0 Å². The van der Waals surface area contributed by atoms with Crippen molar-refractivity contribution in [3.05, 3.63) is 29.6 Å². The van der Waals surface area contributed by atoms with Crippen molar-refractivity contribution in [2.75, 3.05) is 19.6 Å². The summed E-state index contributed by atoms with van der Waals surface area (Å²) in [5.74, 6) is -4.90. The molecule has 0 aliphatic rings. The third kappa shape index (κ3) is 5.38. The van der Waals surface area contributed by atoms with Crippen LogP contribution in [0.3, 0.4) is 0 Å².